The number of nitrogen functional groups attached to an aromatic ring is 1. The van der Waals surface area contributed by atoms with Crippen molar-refractivity contribution in [1.29, 1.82) is 0 Å². The van der Waals surface area contributed by atoms with Gasteiger partial charge >= 0.3 is 0 Å². The highest BCUT2D eigenvalue weighted by Gasteiger charge is 2.32. The van der Waals surface area contributed by atoms with E-state index in [1.165, 1.54) is 25.7 Å². The summed E-state index contributed by atoms with van der Waals surface area (Å²) >= 11 is 0. The van der Waals surface area contributed by atoms with Crippen LogP contribution < -0.4 is 16.6 Å². The highest BCUT2D eigenvalue weighted by Crippen LogP contribution is 2.37. The molecule has 5 nitrogen and oxygen atoms in total. The van der Waals surface area contributed by atoms with Crippen LogP contribution in [0.25, 0.3) is 0 Å². The lowest BCUT2D eigenvalue weighted by Crippen LogP contribution is -2.39. The molecule has 0 aliphatic heterocycles. The van der Waals surface area contributed by atoms with Crippen LogP contribution in [-0.2, 0) is 0 Å². The number of anilines is 2. The SMILES string of the molecule is Cc1c(NN)nc(C(C)C)nc1NC1CCCCC1(C)C. The Labute approximate surface area is 128 Å². The first kappa shape index (κ1) is 16.0. The van der Waals surface area contributed by atoms with E-state index >= 15 is 0 Å². The van der Waals surface area contributed by atoms with Gasteiger partial charge in [0, 0.05) is 17.5 Å². The molecule has 0 radical (unpaired) electrons. The predicted molar refractivity (Wildman–Crippen MR) is 88.3 cm³/mol. The van der Waals surface area contributed by atoms with E-state index in [1.807, 2.05) is 6.92 Å². The average molecular weight is 291 g/mol. The Morgan fingerprint density at radius 1 is 1.19 bits per heavy atom. The zero-order chi connectivity index (χ0) is 15.6. The van der Waals surface area contributed by atoms with E-state index in [1.54, 1.807) is 0 Å². The number of hydrogen-bond acceptors (Lipinski definition) is 5. The van der Waals surface area contributed by atoms with E-state index in [4.69, 9.17) is 10.8 Å². The molecule has 5 heteroatoms. The second-order valence-electron chi connectivity index (χ2n) is 7.13. The van der Waals surface area contributed by atoms with Crippen molar-refractivity contribution in [2.45, 2.75) is 72.3 Å². The lowest BCUT2D eigenvalue weighted by Gasteiger charge is -2.39. The van der Waals surface area contributed by atoms with E-state index in [0.717, 1.165) is 17.2 Å². The van der Waals surface area contributed by atoms with E-state index in [-0.39, 0.29) is 5.92 Å². The van der Waals surface area contributed by atoms with Gasteiger partial charge in [-0.2, -0.15) is 0 Å². The van der Waals surface area contributed by atoms with Crippen molar-refractivity contribution in [3.8, 4) is 0 Å². The molecule has 1 saturated carbocycles. The normalized spacial score (nSPS) is 21.4. The summed E-state index contributed by atoms with van der Waals surface area (Å²) in [5, 5.41) is 3.66. The molecule has 1 atom stereocenters. The smallest absolute Gasteiger partial charge is 0.148 e. The molecular weight excluding hydrogens is 262 g/mol. The maximum absolute atomic E-state index is 5.61. The molecule has 1 heterocycles. The molecule has 1 fully saturated rings. The number of nitrogens with two attached hydrogens (primary N) is 1. The lowest BCUT2D eigenvalue weighted by atomic mass is 9.73. The van der Waals surface area contributed by atoms with Gasteiger partial charge in [0.1, 0.15) is 17.5 Å². The van der Waals surface area contributed by atoms with Gasteiger partial charge in [-0.15, -0.1) is 0 Å². The van der Waals surface area contributed by atoms with Gasteiger partial charge in [0.25, 0.3) is 0 Å². The summed E-state index contributed by atoms with van der Waals surface area (Å²) in [6.07, 6.45) is 5.05. The van der Waals surface area contributed by atoms with Gasteiger partial charge in [-0.3, -0.25) is 0 Å². The summed E-state index contributed by atoms with van der Waals surface area (Å²) < 4.78 is 0. The molecule has 0 saturated heterocycles. The summed E-state index contributed by atoms with van der Waals surface area (Å²) in [6, 6.07) is 0.450. The van der Waals surface area contributed by atoms with E-state index in [0.29, 0.717) is 17.3 Å². The summed E-state index contributed by atoms with van der Waals surface area (Å²) in [4.78, 5) is 9.22. The second-order valence-corrected chi connectivity index (χ2v) is 7.13. The Kier molecular flexibility index (Phi) is 4.71. The zero-order valence-electron chi connectivity index (χ0n) is 14.0. The molecule has 0 spiro atoms. The molecule has 118 valence electrons. The third-order valence-electron chi connectivity index (χ3n) is 4.63. The van der Waals surface area contributed by atoms with E-state index in [2.05, 4.69) is 43.4 Å². The van der Waals surface area contributed by atoms with Crippen LogP contribution >= 0.6 is 0 Å². The second kappa shape index (κ2) is 6.18. The van der Waals surface area contributed by atoms with Gasteiger partial charge in [-0.1, -0.05) is 40.5 Å². The highest BCUT2D eigenvalue weighted by molar-refractivity contribution is 5.57. The Bertz CT molecular complexity index is 496. The van der Waals surface area contributed by atoms with Crippen LogP contribution in [0, 0.1) is 12.3 Å². The van der Waals surface area contributed by atoms with Crippen LogP contribution in [0.15, 0.2) is 0 Å². The zero-order valence-corrected chi connectivity index (χ0v) is 14.0. The number of hydrogen-bond donors (Lipinski definition) is 3. The molecule has 21 heavy (non-hydrogen) atoms. The summed E-state index contributed by atoms with van der Waals surface area (Å²) in [5.74, 6) is 8.34. The molecule has 0 bridgehead atoms. The van der Waals surface area contributed by atoms with Crippen LogP contribution in [0.2, 0.25) is 0 Å². The third kappa shape index (κ3) is 3.46. The first-order valence-electron chi connectivity index (χ1n) is 7.97. The minimum absolute atomic E-state index is 0.276. The number of nitrogens with zero attached hydrogens (tertiary/aromatic N) is 2. The molecule has 0 amide bonds. The average Bonchev–Trinajstić information content (AvgIpc) is 2.42. The summed E-state index contributed by atoms with van der Waals surface area (Å²) in [7, 11) is 0. The van der Waals surface area contributed by atoms with E-state index < -0.39 is 0 Å². The predicted octanol–water partition coefficient (Wildman–Crippen LogP) is 3.57. The summed E-state index contributed by atoms with van der Waals surface area (Å²) in [5.41, 5.74) is 3.98. The van der Waals surface area contributed by atoms with Crippen LogP contribution in [0.3, 0.4) is 0 Å². The molecule has 1 aliphatic rings. The van der Waals surface area contributed by atoms with E-state index in [9.17, 15) is 0 Å². The largest absolute Gasteiger partial charge is 0.366 e. The van der Waals surface area contributed by atoms with Crippen molar-refractivity contribution in [2.75, 3.05) is 10.7 Å². The molecule has 0 aromatic carbocycles. The first-order valence-corrected chi connectivity index (χ1v) is 7.97. The fourth-order valence-corrected chi connectivity index (χ4v) is 3.00. The van der Waals surface area contributed by atoms with Crippen LogP contribution in [0.4, 0.5) is 11.6 Å². The molecule has 1 aromatic heterocycles. The molecule has 1 unspecified atom stereocenters. The monoisotopic (exact) mass is 291 g/mol. The molecule has 2 rings (SSSR count). The van der Waals surface area contributed by atoms with Gasteiger partial charge in [0.2, 0.25) is 0 Å². The molecule has 4 N–H and O–H groups in total. The van der Waals surface area contributed by atoms with Gasteiger partial charge < -0.3 is 10.7 Å². The van der Waals surface area contributed by atoms with Gasteiger partial charge in [0.05, 0.1) is 0 Å². The Morgan fingerprint density at radius 3 is 2.43 bits per heavy atom. The minimum Gasteiger partial charge on any atom is -0.366 e. The number of hydrazine groups is 1. The Balaban J connectivity index is 2.32. The van der Waals surface area contributed by atoms with Crippen LogP contribution in [0.5, 0.6) is 0 Å². The number of aromatic nitrogens is 2. The van der Waals surface area contributed by atoms with Crippen LogP contribution in [0.1, 0.15) is 70.7 Å². The number of nitrogens with one attached hydrogen (secondary N) is 2. The topological polar surface area (TPSA) is 75.9 Å². The van der Waals surface area contributed by atoms with Crippen molar-refractivity contribution < 1.29 is 0 Å². The fourth-order valence-electron chi connectivity index (χ4n) is 3.00. The van der Waals surface area contributed by atoms with Crippen molar-refractivity contribution >= 4 is 11.6 Å². The first-order chi connectivity index (χ1) is 9.85. The summed E-state index contributed by atoms with van der Waals surface area (Å²) in [6.45, 7) is 10.9. The van der Waals surface area contributed by atoms with Gasteiger partial charge in [0.15, 0.2) is 0 Å². The van der Waals surface area contributed by atoms with Crippen molar-refractivity contribution in [1.82, 2.24) is 9.97 Å². The van der Waals surface area contributed by atoms with Crippen molar-refractivity contribution in [2.24, 2.45) is 11.3 Å². The standard InChI is InChI=1S/C16H29N5/c1-10(2)13-19-14(11(3)15(20-13)21-17)18-12-8-6-7-9-16(12,4)5/h10,12H,6-9,17H2,1-5H3,(H2,18,19,20,21). The third-order valence-corrected chi connectivity index (χ3v) is 4.63. The van der Waals surface area contributed by atoms with Gasteiger partial charge in [-0.25, -0.2) is 15.8 Å². The number of rotatable bonds is 4. The van der Waals surface area contributed by atoms with Crippen molar-refractivity contribution in [3.05, 3.63) is 11.4 Å². The fraction of sp³-hybridized carbons (Fsp3) is 0.750. The lowest BCUT2D eigenvalue weighted by molar-refractivity contribution is 0.216. The Morgan fingerprint density at radius 2 is 1.86 bits per heavy atom. The molecule has 1 aliphatic carbocycles. The quantitative estimate of drug-likeness (QED) is 0.584. The Hall–Kier alpha value is -1.36. The molecule has 1 aromatic rings. The maximum Gasteiger partial charge on any atom is 0.148 e. The highest BCUT2D eigenvalue weighted by atomic mass is 15.3. The van der Waals surface area contributed by atoms with Crippen molar-refractivity contribution in [3.63, 3.8) is 0 Å². The minimum atomic E-state index is 0.276. The molecular formula is C16H29N5. The maximum atomic E-state index is 5.61. The van der Waals surface area contributed by atoms with Crippen LogP contribution in [-0.4, -0.2) is 16.0 Å². The van der Waals surface area contributed by atoms with Gasteiger partial charge in [-0.05, 0) is 25.2 Å².